The molecule has 8 heteroatoms. The standard InChI is InChI=1S/C22H37N3O5/c1-7-21-8-9-22(30-21)16(15(21)18(27)23-6)20(29)25(14(11-26)10-12(2)3)17(22)19(28)24-13(4)5/h12-17,26H,7-11H2,1-6H3,(H,23,27)(H,24,28)/t14-,15+,16+,17?,21-,22?/m1/s1. The predicted molar refractivity (Wildman–Crippen MR) is 111 cm³/mol. The third kappa shape index (κ3) is 3.23. The first-order valence-electron chi connectivity index (χ1n) is 11.2. The Bertz CT molecular complexity index is 711. The summed E-state index contributed by atoms with van der Waals surface area (Å²) in [5.74, 6) is -1.85. The Labute approximate surface area is 179 Å². The van der Waals surface area contributed by atoms with Gasteiger partial charge in [-0.2, -0.15) is 0 Å². The van der Waals surface area contributed by atoms with Crippen LogP contribution in [-0.2, 0) is 19.1 Å². The summed E-state index contributed by atoms with van der Waals surface area (Å²) in [7, 11) is 1.57. The van der Waals surface area contributed by atoms with Crippen LogP contribution in [0.25, 0.3) is 0 Å². The fraction of sp³-hybridized carbons (Fsp3) is 0.864. The van der Waals surface area contributed by atoms with Crippen LogP contribution in [0.3, 0.4) is 0 Å². The molecule has 3 amide bonds. The normalized spacial score (nSPS) is 35.8. The number of carbonyl (C=O) groups is 3. The smallest absolute Gasteiger partial charge is 0.246 e. The molecule has 170 valence electrons. The fourth-order valence-electron chi connectivity index (χ4n) is 6.09. The summed E-state index contributed by atoms with van der Waals surface area (Å²) < 4.78 is 6.61. The average Bonchev–Trinajstić information content (AvgIpc) is 3.28. The summed E-state index contributed by atoms with van der Waals surface area (Å²) in [5, 5.41) is 15.8. The minimum Gasteiger partial charge on any atom is -0.394 e. The second-order valence-electron chi connectivity index (χ2n) is 9.82. The van der Waals surface area contributed by atoms with Gasteiger partial charge < -0.3 is 25.4 Å². The summed E-state index contributed by atoms with van der Waals surface area (Å²) in [6, 6.07) is -1.45. The zero-order valence-corrected chi connectivity index (χ0v) is 19.0. The Hall–Kier alpha value is -1.67. The van der Waals surface area contributed by atoms with Crippen molar-refractivity contribution >= 4 is 17.7 Å². The molecule has 3 fully saturated rings. The maximum absolute atomic E-state index is 13.8. The van der Waals surface area contributed by atoms with Crippen molar-refractivity contribution in [3.05, 3.63) is 0 Å². The quantitative estimate of drug-likeness (QED) is 0.536. The van der Waals surface area contributed by atoms with Crippen molar-refractivity contribution in [2.45, 2.75) is 89.6 Å². The van der Waals surface area contributed by atoms with E-state index in [9.17, 15) is 19.5 Å². The zero-order chi connectivity index (χ0) is 22.4. The minimum atomic E-state index is -1.03. The number of fused-ring (bicyclic) bond motifs is 1. The van der Waals surface area contributed by atoms with Crippen molar-refractivity contribution in [1.29, 1.82) is 0 Å². The minimum absolute atomic E-state index is 0.101. The summed E-state index contributed by atoms with van der Waals surface area (Å²) in [4.78, 5) is 41.7. The molecule has 0 aromatic rings. The van der Waals surface area contributed by atoms with Crippen molar-refractivity contribution < 1.29 is 24.2 Å². The molecule has 0 aromatic heterocycles. The molecular formula is C22H37N3O5. The second-order valence-corrected chi connectivity index (χ2v) is 9.82. The van der Waals surface area contributed by atoms with Gasteiger partial charge in [-0.3, -0.25) is 14.4 Å². The summed E-state index contributed by atoms with van der Waals surface area (Å²) in [6.07, 6.45) is 2.36. The Morgan fingerprint density at radius 2 is 1.90 bits per heavy atom. The Morgan fingerprint density at radius 3 is 2.40 bits per heavy atom. The highest BCUT2D eigenvalue weighted by Gasteiger charge is 2.79. The number of nitrogens with one attached hydrogen (secondary N) is 2. The van der Waals surface area contributed by atoms with Gasteiger partial charge in [0.15, 0.2) is 0 Å². The highest BCUT2D eigenvalue weighted by Crippen LogP contribution is 2.64. The van der Waals surface area contributed by atoms with E-state index in [1.54, 1.807) is 11.9 Å². The molecule has 2 unspecified atom stereocenters. The largest absolute Gasteiger partial charge is 0.394 e. The van der Waals surface area contributed by atoms with E-state index in [0.717, 1.165) is 0 Å². The molecule has 3 saturated heterocycles. The molecule has 2 bridgehead atoms. The molecule has 3 heterocycles. The van der Waals surface area contributed by atoms with Gasteiger partial charge in [-0.25, -0.2) is 0 Å². The van der Waals surface area contributed by atoms with Crippen molar-refractivity contribution in [2.24, 2.45) is 17.8 Å². The van der Waals surface area contributed by atoms with E-state index >= 15 is 0 Å². The van der Waals surface area contributed by atoms with Crippen LogP contribution in [0.4, 0.5) is 0 Å². The summed E-state index contributed by atoms with van der Waals surface area (Å²) in [6.45, 7) is 9.53. The van der Waals surface area contributed by atoms with E-state index in [1.165, 1.54) is 0 Å². The number of nitrogens with zero attached hydrogens (tertiary/aromatic N) is 1. The first-order chi connectivity index (χ1) is 14.1. The molecule has 1 spiro atoms. The number of ether oxygens (including phenoxy) is 1. The van der Waals surface area contributed by atoms with E-state index in [-0.39, 0.29) is 36.3 Å². The van der Waals surface area contributed by atoms with E-state index in [0.29, 0.717) is 25.7 Å². The molecule has 3 aliphatic heterocycles. The highest BCUT2D eigenvalue weighted by atomic mass is 16.5. The van der Waals surface area contributed by atoms with Gasteiger partial charge >= 0.3 is 0 Å². The van der Waals surface area contributed by atoms with Gasteiger partial charge in [-0.1, -0.05) is 20.8 Å². The Morgan fingerprint density at radius 1 is 1.23 bits per heavy atom. The van der Waals surface area contributed by atoms with Crippen molar-refractivity contribution in [3.63, 3.8) is 0 Å². The van der Waals surface area contributed by atoms with Crippen LogP contribution in [0.2, 0.25) is 0 Å². The molecule has 30 heavy (non-hydrogen) atoms. The molecule has 6 atom stereocenters. The molecule has 8 nitrogen and oxygen atoms in total. The number of rotatable bonds is 8. The lowest BCUT2D eigenvalue weighted by Gasteiger charge is -2.38. The zero-order valence-electron chi connectivity index (χ0n) is 19.0. The number of carbonyl (C=O) groups excluding carboxylic acids is 3. The topological polar surface area (TPSA) is 108 Å². The Kier molecular flexibility index (Phi) is 6.22. The van der Waals surface area contributed by atoms with Crippen LogP contribution in [0, 0.1) is 17.8 Å². The number of aliphatic hydroxyl groups is 1. The van der Waals surface area contributed by atoms with E-state index in [4.69, 9.17) is 4.74 Å². The van der Waals surface area contributed by atoms with Gasteiger partial charge in [0.1, 0.15) is 11.6 Å². The lowest BCUT2D eigenvalue weighted by molar-refractivity contribution is -0.151. The lowest BCUT2D eigenvalue weighted by atomic mass is 9.65. The molecule has 0 aliphatic carbocycles. The Balaban J connectivity index is 2.12. The van der Waals surface area contributed by atoms with Crippen molar-refractivity contribution in [1.82, 2.24) is 15.5 Å². The predicted octanol–water partition coefficient (Wildman–Crippen LogP) is 0.819. The molecule has 3 aliphatic rings. The third-order valence-corrected chi connectivity index (χ3v) is 7.17. The van der Waals surface area contributed by atoms with Gasteiger partial charge in [0.05, 0.1) is 30.1 Å². The maximum Gasteiger partial charge on any atom is 0.246 e. The van der Waals surface area contributed by atoms with Gasteiger partial charge in [0.2, 0.25) is 17.7 Å². The lowest BCUT2D eigenvalue weighted by Crippen LogP contribution is -2.59. The molecule has 3 N–H and O–H groups in total. The highest BCUT2D eigenvalue weighted by molar-refractivity contribution is 5.99. The van der Waals surface area contributed by atoms with Crippen LogP contribution < -0.4 is 10.6 Å². The van der Waals surface area contributed by atoms with E-state index in [1.807, 2.05) is 34.6 Å². The summed E-state index contributed by atoms with van der Waals surface area (Å²) in [5.41, 5.74) is -1.76. The van der Waals surface area contributed by atoms with Gasteiger partial charge in [-0.15, -0.1) is 0 Å². The summed E-state index contributed by atoms with van der Waals surface area (Å²) >= 11 is 0. The fourth-order valence-corrected chi connectivity index (χ4v) is 6.09. The maximum atomic E-state index is 13.8. The first kappa shape index (κ1) is 23.0. The first-order valence-corrected chi connectivity index (χ1v) is 11.2. The number of amides is 3. The molecule has 0 saturated carbocycles. The number of likely N-dealkylation sites (tertiary alicyclic amines) is 1. The van der Waals surface area contributed by atoms with E-state index in [2.05, 4.69) is 10.6 Å². The van der Waals surface area contributed by atoms with Gasteiger partial charge in [-0.05, 0) is 45.4 Å². The van der Waals surface area contributed by atoms with Crippen molar-refractivity contribution in [3.8, 4) is 0 Å². The monoisotopic (exact) mass is 423 g/mol. The average molecular weight is 424 g/mol. The second kappa shape index (κ2) is 8.11. The molecule has 0 radical (unpaired) electrons. The molecular weight excluding hydrogens is 386 g/mol. The van der Waals surface area contributed by atoms with Gasteiger partial charge in [0.25, 0.3) is 0 Å². The van der Waals surface area contributed by atoms with Crippen LogP contribution in [-0.4, -0.2) is 70.7 Å². The van der Waals surface area contributed by atoms with Gasteiger partial charge in [0, 0.05) is 13.1 Å². The SMILES string of the molecule is CC[C@]12CCC3(O1)C(C(=O)NC(C)C)N([C@@H](CO)CC(C)C)C(=O)[C@@H]3[C@H]2C(=O)NC. The number of aliphatic hydroxyl groups excluding tert-OH is 1. The number of hydrogen-bond donors (Lipinski definition) is 3. The van der Waals surface area contributed by atoms with Crippen molar-refractivity contribution in [2.75, 3.05) is 13.7 Å². The van der Waals surface area contributed by atoms with Crippen LogP contribution in [0.5, 0.6) is 0 Å². The molecule has 3 rings (SSSR count). The van der Waals surface area contributed by atoms with E-state index < -0.39 is 35.1 Å². The van der Waals surface area contributed by atoms with Crippen LogP contribution in [0.1, 0.15) is 60.3 Å². The molecule has 0 aromatic carbocycles. The van der Waals surface area contributed by atoms with Crippen LogP contribution in [0.15, 0.2) is 0 Å². The third-order valence-electron chi connectivity index (χ3n) is 7.17. The number of hydrogen-bond acceptors (Lipinski definition) is 5. The van der Waals surface area contributed by atoms with Crippen LogP contribution >= 0.6 is 0 Å².